The van der Waals surface area contributed by atoms with Crippen LogP contribution in [0.15, 0.2) is 30.5 Å². The summed E-state index contributed by atoms with van der Waals surface area (Å²) < 4.78 is 0. The minimum absolute atomic E-state index is 0.00749. The highest BCUT2D eigenvalue weighted by Gasteiger charge is 2.28. The van der Waals surface area contributed by atoms with Crippen LogP contribution in [0, 0.1) is 0 Å². The number of H-pyrrole nitrogens is 1. The summed E-state index contributed by atoms with van der Waals surface area (Å²) in [5.41, 5.74) is 8.26. The van der Waals surface area contributed by atoms with E-state index in [4.69, 9.17) is 5.73 Å². The fraction of sp³-hybridized carbons (Fsp3) is 0.308. The monoisotopic (exact) mass is 229 g/mol. The van der Waals surface area contributed by atoms with Crippen LogP contribution in [0.2, 0.25) is 0 Å². The Morgan fingerprint density at radius 3 is 3.00 bits per heavy atom. The third-order valence-electron chi connectivity index (χ3n) is 3.41. The number of hydrogen-bond acceptors (Lipinski definition) is 2. The first-order valence-electron chi connectivity index (χ1n) is 5.86. The lowest BCUT2D eigenvalue weighted by Gasteiger charge is -2.29. The number of rotatable bonds is 1. The highest BCUT2D eigenvalue weighted by atomic mass is 16.1. The van der Waals surface area contributed by atoms with E-state index in [-0.39, 0.29) is 18.0 Å². The third-order valence-corrected chi connectivity index (χ3v) is 3.41. The number of nitrogens with one attached hydrogen (secondary N) is 2. The van der Waals surface area contributed by atoms with Crippen molar-refractivity contribution in [2.45, 2.75) is 24.9 Å². The first-order chi connectivity index (χ1) is 8.25. The van der Waals surface area contributed by atoms with Crippen molar-refractivity contribution >= 4 is 16.8 Å². The van der Waals surface area contributed by atoms with Crippen LogP contribution in [0.25, 0.3) is 10.9 Å². The SMILES string of the molecule is N[C@@H]1CCC(=O)N[C@H]1c1c[nH]c2ccccc12. The van der Waals surface area contributed by atoms with Gasteiger partial charge in [0.05, 0.1) is 6.04 Å². The summed E-state index contributed by atoms with van der Waals surface area (Å²) in [6, 6.07) is 7.97. The van der Waals surface area contributed by atoms with Crippen LogP contribution in [0.5, 0.6) is 0 Å². The Bertz CT molecular complexity index is 561. The molecule has 88 valence electrons. The molecule has 2 atom stereocenters. The van der Waals surface area contributed by atoms with Gasteiger partial charge in [-0.1, -0.05) is 18.2 Å². The van der Waals surface area contributed by atoms with E-state index >= 15 is 0 Å². The largest absolute Gasteiger partial charge is 0.361 e. The van der Waals surface area contributed by atoms with E-state index in [1.807, 2.05) is 24.4 Å². The van der Waals surface area contributed by atoms with Gasteiger partial charge in [-0.2, -0.15) is 0 Å². The second-order valence-corrected chi connectivity index (χ2v) is 4.54. The maximum absolute atomic E-state index is 11.5. The smallest absolute Gasteiger partial charge is 0.220 e. The predicted molar refractivity (Wildman–Crippen MR) is 66.4 cm³/mol. The van der Waals surface area contributed by atoms with E-state index in [9.17, 15) is 4.79 Å². The van der Waals surface area contributed by atoms with Gasteiger partial charge in [-0.25, -0.2) is 0 Å². The second-order valence-electron chi connectivity index (χ2n) is 4.54. The topological polar surface area (TPSA) is 70.9 Å². The molecule has 17 heavy (non-hydrogen) atoms. The van der Waals surface area contributed by atoms with Crippen LogP contribution in [-0.4, -0.2) is 16.9 Å². The van der Waals surface area contributed by atoms with Crippen molar-refractivity contribution in [3.63, 3.8) is 0 Å². The lowest BCUT2D eigenvalue weighted by molar-refractivity contribution is -0.123. The van der Waals surface area contributed by atoms with Gasteiger partial charge in [0.25, 0.3) is 0 Å². The van der Waals surface area contributed by atoms with Crippen molar-refractivity contribution in [3.05, 3.63) is 36.0 Å². The molecule has 1 aromatic heterocycles. The normalized spacial score (nSPS) is 24.9. The highest BCUT2D eigenvalue weighted by Crippen LogP contribution is 2.28. The van der Waals surface area contributed by atoms with Gasteiger partial charge >= 0.3 is 0 Å². The molecule has 0 radical (unpaired) electrons. The van der Waals surface area contributed by atoms with Crippen molar-refractivity contribution < 1.29 is 4.79 Å². The lowest BCUT2D eigenvalue weighted by Crippen LogP contribution is -2.45. The Morgan fingerprint density at radius 2 is 2.12 bits per heavy atom. The Labute approximate surface area is 99.2 Å². The highest BCUT2D eigenvalue weighted by molar-refractivity contribution is 5.85. The van der Waals surface area contributed by atoms with E-state index in [1.165, 1.54) is 0 Å². The van der Waals surface area contributed by atoms with Crippen LogP contribution in [0.3, 0.4) is 0 Å². The summed E-state index contributed by atoms with van der Waals surface area (Å²) in [7, 11) is 0. The molecule has 1 fully saturated rings. The van der Waals surface area contributed by atoms with Crippen LogP contribution >= 0.6 is 0 Å². The zero-order chi connectivity index (χ0) is 11.8. The molecule has 2 aromatic rings. The Balaban J connectivity index is 2.05. The number of aromatic nitrogens is 1. The van der Waals surface area contributed by atoms with Crippen LogP contribution in [0.4, 0.5) is 0 Å². The molecule has 0 spiro atoms. The molecule has 4 N–H and O–H groups in total. The quantitative estimate of drug-likeness (QED) is 0.692. The number of benzene rings is 1. The first-order valence-corrected chi connectivity index (χ1v) is 5.86. The summed E-state index contributed by atoms with van der Waals surface area (Å²) in [5, 5.41) is 4.11. The van der Waals surface area contributed by atoms with E-state index < -0.39 is 0 Å². The van der Waals surface area contributed by atoms with Crippen molar-refractivity contribution in [2.24, 2.45) is 5.73 Å². The number of amides is 1. The molecule has 0 saturated carbocycles. The zero-order valence-electron chi connectivity index (χ0n) is 9.44. The van der Waals surface area contributed by atoms with E-state index in [0.29, 0.717) is 6.42 Å². The van der Waals surface area contributed by atoms with Gasteiger partial charge in [-0.3, -0.25) is 4.79 Å². The molecule has 2 heterocycles. The molecular weight excluding hydrogens is 214 g/mol. The molecule has 1 aromatic carbocycles. The first kappa shape index (κ1) is 10.4. The number of carbonyl (C=O) groups excluding carboxylic acids is 1. The number of carbonyl (C=O) groups is 1. The van der Waals surface area contributed by atoms with Crippen LogP contribution in [0.1, 0.15) is 24.4 Å². The molecule has 0 bridgehead atoms. The standard InChI is InChI=1S/C13H15N3O/c14-10-5-6-12(17)16-13(10)9-7-15-11-4-2-1-3-8(9)11/h1-4,7,10,13,15H,5-6,14H2,(H,16,17)/t10-,13+/m1/s1. The Morgan fingerprint density at radius 1 is 1.29 bits per heavy atom. The van der Waals surface area contributed by atoms with Crippen molar-refractivity contribution in [3.8, 4) is 0 Å². The van der Waals surface area contributed by atoms with E-state index in [0.717, 1.165) is 22.9 Å². The number of para-hydroxylation sites is 1. The second kappa shape index (κ2) is 3.89. The number of fused-ring (bicyclic) bond motifs is 1. The number of aromatic amines is 1. The van der Waals surface area contributed by atoms with Gasteiger partial charge in [-0.15, -0.1) is 0 Å². The van der Waals surface area contributed by atoms with Gasteiger partial charge < -0.3 is 16.0 Å². The number of hydrogen-bond donors (Lipinski definition) is 3. The van der Waals surface area contributed by atoms with Crippen molar-refractivity contribution in [1.29, 1.82) is 0 Å². The fourth-order valence-corrected chi connectivity index (χ4v) is 2.48. The molecule has 0 aliphatic carbocycles. The predicted octanol–water partition coefficient (Wildman–Crippen LogP) is 1.45. The maximum Gasteiger partial charge on any atom is 0.220 e. The molecule has 4 heteroatoms. The molecule has 4 nitrogen and oxygen atoms in total. The van der Waals surface area contributed by atoms with Gasteiger partial charge in [-0.05, 0) is 12.5 Å². The number of piperidine rings is 1. The average Bonchev–Trinajstić information content (AvgIpc) is 2.76. The summed E-state index contributed by atoms with van der Waals surface area (Å²) in [6.45, 7) is 0. The minimum atomic E-state index is -0.0765. The van der Waals surface area contributed by atoms with E-state index in [2.05, 4.69) is 16.4 Å². The minimum Gasteiger partial charge on any atom is -0.361 e. The molecule has 3 rings (SSSR count). The van der Waals surface area contributed by atoms with Gasteiger partial charge in [0, 0.05) is 35.1 Å². The van der Waals surface area contributed by atoms with Crippen LogP contribution < -0.4 is 11.1 Å². The van der Waals surface area contributed by atoms with Crippen LogP contribution in [-0.2, 0) is 4.79 Å². The molecule has 1 aliphatic heterocycles. The molecule has 1 saturated heterocycles. The molecule has 1 amide bonds. The molecule has 0 unspecified atom stereocenters. The lowest BCUT2D eigenvalue weighted by atomic mass is 9.92. The van der Waals surface area contributed by atoms with Gasteiger partial charge in [0.15, 0.2) is 0 Å². The molecular formula is C13H15N3O. The maximum atomic E-state index is 11.5. The Kier molecular flexibility index (Phi) is 2.37. The average molecular weight is 229 g/mol. The molecule has 1 aliphatic rings. The number of nitrogens with two attached hydrogens (primary N) is 1. The summed E-state index contributed by atoms with van der Waals surface area (Å²) in [4.78, 5) is 14.7. The third kappa shape index (κ3) is 1.70. The summed E-state index contributed by atoms with van der Waals surface area (Å²) in [6.07, 6.45) is 3.22. The van der Waals surface area contributed by atoms with Gasteiger partial charge in [0.2, 0.25) is 5.91 Å². The summed E-state index contributed by atoms with van der Waals surface area (Å²) >= 11 is 0. The zero-order valence-corrected chi connectivity index (χ0v) is 9.44. The summed E-state index contributed by atoms with van der Waals surface area (Å²) in [5.74, 6) is 0.0852. The van der Waals surface area contributed by atoms with Crippen molar-refractivity contribution in [1.82, 2.24) is 10.3 Å². The van der Waals surface area contributed by atoms with E-state index in [1.54, 1.807) is 0 Å². The van der Waals surface area contributed by atoms with Gasteiger partial charge in [0.1, 0.15) is 0 Å². The fourth-order valence-electron chi connectivity index (χ4n) is 2.48. The Hall–Kier alpha value is -1.81. The van der Waals surface area contributed by atoms with Crippen molar-refractivity contribution in [2.75, 3.05) is 0 Å².